The van der Waals surface area contributed by atoms with Gasteiger partial charge in [0, 0.05) is 20.3 Å². The smallest absolute Gasteiger partial charge is 0.0522 e. The SMILES string of the molecule is C1CCOC1.CC(C)OC(C)C.CO. The largest absolute Gasteiger partial charge is 0.400 e. The maximum atomic E-state index is 7.00. The second-order valence-electron chi connectivity index (χ2n) is 3.55. The van der Waals surface area contributed by atoms with Crippen LogP contribution in [0.1, 0.15) is 40.5 Å². The van der Waals surface area contributed by atoms with Crippen molar-refractivity contribution in [1.82, 2.24) is 0 Å². The van der Waals surface area contributed by atoms with Crippen LogP contribution in [-0.4, -0.2) is 37.6 Å². The van der Waals surface area contributed by atoms with Crippen LogP contribution in [0.15, 0.2) is 0 Å². The fourth-order valence-corrected chi connectivity index (χ4v) is 1.05. The van der Waals surface area contributed by atoms with Gasteiger partial charge in [0.2, 0.25) is 0 Å². The molecule has 1 saturated heterocycles. The van der Waals surface area contributed by atoms with Crippen LogP contribution in [0.5, 0.6) is 0 Å². The third-order valence-corrected chi connectivity index (χ3v) is 1.37. The summed E-state index contributed by atoms with van der Waals surface area (Å²) in [6.07, 6.45) is 3.31. The zero-order valence-corrected chi connectivity index (χ0v) is 10.2. The molecule has 3 heteroatoms. The molecule has 1 aliphatic heterocycles. The molecule has 0 aromatic rings. The van der Waals surface area contributed by atoms with E-state index < -0.39 is 0 Å². The first-order valence-corrected chi connectivity index (χ1v) is 5.31. The van der Waals surface area contributed by atoms with Crippen LogP contribution < -0.4 is 0 Å². The summed E-state index contributed by atoms with van der Waals surface area (Å²) < 4.78 is 10.2. The predicted octanol–water partition coefficient (Wildman–Crippen LogP) is 2.23. The van der Waals surface area contributed by atoms with Crippen LogP contribution >= 0.6 is 0 Å². The minimum Gasteiger partial charge on any atom is -0.400 e. The van der Waals surface area contributed by atoms with Gasteiger partial charge in [-0.1, -0.05) is 0 Å². The van der Waals surface area contributed by atoms with E-state index in [0.717, 1.165) is 20.3 Å². The highest BCUT2D eigenvalue weighted by molar-refractivity contribution is 4.43. The number of hydrogen-bond donors (Lipinski definition) is 1. The molecule has 0 saturated carbocycles. The van der Waals surface area contributed by atoms with Gasteiger partial charge in [0.1, 0.15) is 0 Å². The van der Waals surface area contributed by atoms with Gasteiger partial charge in [0.05, 0.1) is 12.2 Å². The Hall–Kier alpha value is -0.120. The van der Waals surface area contributed by atoms with Crippen LogP contribution in [-0.2, 0) is 9.47 Å². The lowest BCUT2D eigenvalue weighted by Crippen LogP contribution is -2.09. The monoisotopic (exact) mass is 206 g/mol. The fraction of sp³-hybridized carbons (Fsp3) is 1.00. The Morgan fingerprint density at radius 3 is 1.36 bits per heavy atom. The van der Waals surface area contributed by atoms with Gasteiger partial charge in [-0.05, 0) is 40.5 Å². The topological polar surface area (TPSA) is 38.7 Å². The Balaban J connectivity index is 0. The van der Waals surface area contributed by atoms with Gasteiger partial charge in [-0.25, -0.2) is 0 Å². The molecule has 0 spiro atoms. The Bertz CT molecular complexity index is 74.9. The number of rotatable bonds is 2. The summed E-state index contributed by atoms with van der Waals surface area (Å²) in [7, 11) is 1.00. The zero-order valence-electron chi connectivity index (χ0n) is 10.2. The average Bonchev–Trinajstić information content (AvgIpc) is 2.61. The molecule has 0 atom stereocenters. The summed E-state index contributed by atoms with van der Waals surface area (Å²) in [5, 5.41) is 7.00. The van der Waals surface area contributed by atoms with Crippen molar-refractivity contribution in [1.29, 1.82) is 0 Å². The van der Waals surface area contributed by atoms with Crippen molar-refractivity contribution in [3.8, 4) is 0 Å². The van der Waals surface area contributed by atoms with Gasteiger partial charge in [-0.3, -0.25) is 0 Å². The van der Waals surface area contributed by atoms with Crippen molar-refractivity contribution >= 4 is 0 Å². The Labute approximate surface area is 88.4 Å². The van der Waals surface area contributed by atoms with E-state index in [4.69, 9.17) is 14.6 Å². The summed E-state index contributed by atoms with van der Waals surface area (Å²) in [5.74, 6) is 0. The normalized spacial score (nSPS) is 14.6. The molecule has 0 amide bonds. The molecule has 1 aliphatic rings. The van der Waals surface area contributed by atoms with Crippen LogP contribution in [0.2, 0.25) is 0 Å². The minimum absolute atomic E-state index is 0.375. The molecule has 14 heavy (non-hydrogen) atoms. The van der Waals surface area contributed by atoms with Gasteiger partial charge in [0.15, 0.2) is 0 Å². The molecule has 1 fully saturated rings. The molecule has 1 heterocycles. The molecular weight excluding hydrogens is 180 g/mol. The van der Waals surface area contributed by atoms with Crippen LogP contribution in [0.3, 0.4) is 0 Å². The summed E-state index contributed by atoms with van der Waals surface area (Å²) in [6.45, 7) is 10.2. The van der Waals surface area contributed by atoms with Crippen molar-refractivity contribution in [3.05, 3.63) is 0 Å². The van der Waals surface area contributed by atoms with Crippen molar-refractivity contribution in [3.63, 3.8) is 0 Å². The quantitative estimate of drug-likeness (QED) is 0.753. The van der Waals surface area contributed by atoms with Crippen LogP contribution in [0.4, 0.5) is 0 Å². The summed E-state index contributed by atoms with van der Waals surface area (Å²) in [6, 6.07) is 0. The molecule has 0 radical (unpaired) electrons. The number of hydrogen-bond acceptors (Lipinski definition) is 3. The summed E-state index contributed by atoms with van der Waals surface area (Å²) >= 11 is 0. The molecule has 3 nitrogen and oxygen atoms in total. The third-order valence-electron chi connectivity index (χ3n) is 1.37. The lowest BCUT2D eigenvalue weighted by atomic mass is 10.4. The first-order valence-electron chi connectivity index (χ1n) is 5.31. The van der Waals surface area contributed by atoms with E-state index in [9.17, 15) is 0 Å². The van der Waals surface area contributed by atoms with Crippen LogP contribution in [0, 0.1) is 0 Å². The molecule has 88 valence electrons. The first kappa shape index (κ1) is 16.3. The van der Waals surface area contributed by atoms with Crippen LogP contribution in [0.25, 0.3) is 0 Å². The molecular formula is C11H26O3. The van der Waals surface area contributed by atoms with E-state index in [0.29, 0.717) is 12.2 Å². The van der Waals surface area contributed by atoms with Gasteiger partial charge >= 0.3 is 0 Å². The van der Waals surface area contributed by atoms with Crippen molar-refractivity contribution in [2.75, 3.05) is 20.3 Å². The van der Waals surface area contributed by atoms with E-state index in [-0.39, 0.29) is 0 Å². The standard InChI is InChI=1S/C6H14O.C4H8O.CH4O/c1-5(2)7-6(3)4;1-2-4-5-3-1;1-2/h5-6H,1-4H3;1-4H2;2H,1H3. The lowest BCUT2D eigenvalue weighted by molar-refractivity contribution is 0.0300. The van der Waals surface area contributed by atoms with Crippen molar-refractivity contribution in [2.24, 2.45) is 0 Å². The predicted molar refractivity (Wildman–Crippen MR) is 59.6 cm³/mol. The molecule has 1 rings (SSSR count). The van der Waals surface area contributed by atoms with E-state index in [2.05, 4.69) is 0 Å². The third kappa shape index (κ3) is 17.8. The number of aliphatic hydroxyl groups is 1. The highest BCUT2D eigenvalue weighted by atomic mass is 16.5. The van der Waals surface area contributed by atoms with E-state index in [1.54, 1.807) is 0 Å². The Morgan fingerprint density at radius 1 is 0.929 bits per heavy atom. The highest BCUT2D eigenvalue weighted by Crippen LogP contribution is 1.98. The number of aliphatic hydroxyl groups excluding tert-OH is 1. The number of ether oxygens (including phenoxy) is 2. The highest BCUT2D eigenvalue weighted by Gasteiger charge is 1.95. The maximum absolute atomic E-state index is 7.00. The van der Waals surface area contributed by atoms with E-state index in [1.807, 2.05) is 27.7 Å². The minimum atomic E-state index is 0.375. The molecule has 0 bridgehead atoms. The van der Waals surface area contributed by atoms with Gasteiger partial charge in [-0.2, -0.15) is 0 Å². The molecule has 0 unspecified atom stereocenters. The molecule has 0 aromatic carbocycles. The van der Waals surface area contributed by atoms with E-state index >= 15 is 0 Å². The van der Waals surface area contributed by atoms with Crippen molar-refractivity contribution in [2.45, 2.75) is 52.7 Å². The van der Waals surface area contributed by atoms with Crippen molar-refractivity contribution < 1.29 is 14.6 Å². The summed E-state index contributed by atoms with van der Waals surface area (Å²) in [4.78, 5) is 0. The Kier molecular flexibility index (Phi) is 15.0. The van der Waals surface area contributed by atoms with Gasteiger partial charge < -0.3 is 14.6 Å². The molecule has 1 N–H and O–H groups in total. The molecule has 0 aliphatic carbocycles. The first-order chi connectivity index (χ1) is 6.63. The Morgan fingerprint density at radius 2 is 1.29 bits per heavy atom. The lowest BCUT2D eigenvalue weighted by Gasteiger charge is -2.09. The second-order valence-corrected chi connectivity index (χ2v) is 3.55. The second kappa shape index (κ2) is 12.9. The summed E-state index contributed by atoms with van der Waals surface area (Å²) in [5.41, 5.74) is 0. The van der Waals surface area contributed by atoms with E-state index in [1.165, 1.54) is 12.8 Å². The zero-order chi connectivity index (χ0) is 11.4. The molecule has 0 aromatic heterocycles. The van der Waals surface area contributed by atoms with Gasteiger partial charge in [-0.15, -0.1) is 0 Å². The maximum Gasteiger partial charge on any atom is 0.0522 e. The fourth-order valence-electron chi connectivity index (χ4n) is 1.05. The van der Waals surface area contributed by atoms with Gasteiger partial charge in [0.25, 0.3) is 0 Å². The average molecular weight is 206 g/mol.